The molecule has 0 fully saturated rings. The smallest absolute Gasteiger partial charge is 0.252 e. The van der Waals surface area contributed by atoms with Gasteiger partial charge in [0.05, 0.1) is 23.4 Å². The topological polar surface area (TPSA) is 90.0 Å². The molecule has 0 radical (unpaired) electrons. The summed E-state index contributed by atoms with van der Waals surface area (Å²) in [6, 6.07) is 7.78. The van der Waals surface area contributed by atoms with Crippen molar-refractivity contribution in [3.05, 3.63) is 51.8 Å². The second-order valence-corrected chi connectivity index (χ2v) is 7.39. The number of amides is 2. The van der Waals surface area contributed by atoms with Crippen molar-refractivity contribution in [3.63, 3.8) is 0 Å². The van der Waals surface area contributed by atoms with Crippen LogP contribution >= 0.6 is 15.9 Å². The van der Waals surface area contributed by atoms with Crippen molar-refractivity contribution >= 4 is 27.7 Å². The molecule has 0 unspecified atom stereocenters. The highest BCUT2D eigenvalue weighted by atomic mass is 79.9. The van der Waals surface area contributed by atoms with E-state index in [4.69, 9.17) is 5.73 Å². The second-order valence-electron chi connectivity index (χ2n) is 6.47. The minimum atomic E-state index is -0.449. The number of hydrogen-bond acceptors (Lipinski definition) is 3. The van der Waals surface area contributed by atoms with E-state index >= 15 is 0 Å². The van der Waals surface area contributed by atoms with Crippen LogP contribution in [0.5, 0.6) is 0 Å². The summed E-state index contributed by atoms with van der Waals surface area (Å²) < 4.78 is 2.83. The minimum absolute atomic E-state index is 0.0107. The van der Waals surface area contributed by atoms with Gasteiger partial charge in [-0.15, -0.1) is 0 Å². The van der Waals surface area contributed by atoms with Crippen molar-refractivity contribution in [2.24, 2.45) is 11.7 Å². The van der Waals surface area contributed by atoms with Crippen LogP contribution in [0.4, 0.5) is 0 Å². The van der Waals surface area contributed by atoms with E-state index < -0.39 is 5.91 Å². The largest absolute Gasteiger partial charge is 0.365 e. The minimum Gasteiger partial charge on any atom is -0.365 e. The molecule has 0 aliphatic carbocycles. The third-order valence-corrected chi connectivity index (χ3v) is 5.30. The van der Waals surface area contributed by atoms with Gasteiger partial charge in [0.25, 0.3) is 5.91 Å². The molecule has 1 aromatic carbocycles. The van der Waals surface area contributed by atoms with Gasteiger partial charge in [-0.1, -0.05) is 28.1 Å². The molecule has 3 N–H and O–H groups in total. The lowest BCUT2D eigenvalue weighted by molar-refractivity contribution is -0.122. The number of rotatable bonds is 5. The first-order valence-electron chi connectivity index (χ1n) is 8.33. The Bertz CT molecular complexity index is 785. The number of nitrogens with one attached hydrogen (secondary N) is 1. The van der Waals surface area contributed by atoms with E-state index in [0.717, 1.165) is 28.7 Å². The number of aromatic nitrogens is 2. The lowest BCUT2D eigenvalue weighted by Crippen LogP contribution is -2.35. The molecule has 2 amide bonds. The maximum atomic E-state index is 12.4. The zero-order valence-electron chi connectivity index (χ0n) is 14.0. The van der Waals surface area contributed by atoms with Gasteiger partial charge < -0.3 is 11.1 Å². The van der Waals surface area contributed by atoms with Gasteiger partial charge in [0.1, 0.15) is 0 Å². The zero-order chi connectivity index (χ0) is 18.0. The Morgan fingerprint density at radius 3 is 2.80 bits per heavy atom. The van der Waals surface area contributed by atoms with Crippen LogP contribution in [0.3, 0.4) is 0 Å². The van der Waals surface area contributed by atoms with E-state index in [2.05, 4.69) is 26.3 Å². The number of benzene rings is 1. The Balaban J connectivity index is 1.58. The number of hydrogen-bond donors (Lipinski definition) is 2. The summed E-state index contributed by atoms with van der Waals surface area (Å²) in [4.78, 5) is 23.9. The van der Waals surface area contributed by atoms with Crippen LogP contribution in [0.15, 0.2) is 34.9 Å². The Morgan fingerprint density at radius 2 is 2.12 bits per heavy atom. The molecule has 6 nitrogen and oxygen atoms in total. The van der Waals surface area contributed by atoms with Gasteiger partial charge in [0, 0.05) is 17.6 Å². The van der Waals surface area contributed by atoms with Crippen LogP contribution in [0.2, 0.25) is 0 Å². The molecule has 3 rings (SSSR count). The summed E-state index contributed by atoms with van der Waals surface area (Å²) in [5, 5.41) is 7.25. The molecule has 1 aromatic heterocycles. The van der Waals surface area contributed by atoms with E-state index in [0.29, 0.717) is 18.5 Å². The molecule has 2 heterocycles. The van der Waals surface area contributed by atoms with Crippen LogP contribution < -0.4 is 11.1 Å². The normalized spacial score (nSPS) is 17.6. The Morgan fingerprint density at radius 1 is 1.40 bits per heavy atom. The van der Waals surface area contributed by atoms with Crippen molar-refractivity contribution in [3.8, 4) is 0 Å². The summed E-state index contributed by atoms with van der Waals surface area (Å²) in [6.07, 6.45) is 3.15. The fourth-order valence-electron chi connectivity index (χ4n) is 3.18. The summed E-state index contributed by atoms with van der Waals surface area (Å²) in [6.45, 7) is 3.23. The number of primary amides is 1. The van der Waals surface area contributed by atoms with Gasteiger partial charge >= 0.3 is 0 Å². The van der Waals surface area contributed by atoms with Crippen molar-refractivity contribution in [2.45, 2.75) is 32.2 Å². The molecule has 2 atom stereocenters. The van der Waals surface area contributed by atoms with Gasteiger partial charge in [0.15, 0.2) is 0 Å². The summed E-state index contributed by atoms with van der Waals surface area (Å²) in [5.74, 6) is -0.363. The van der Waals surface area contributed by atoms with E-state index in [1.807, 2.05) is 35.9 Å². The Labute approximate surface area is 154 Å². The first kappa shape index (κ1) is 17.7. The van der Waals surface area contributed by atoms with Crippen LogP contribution in [-0.2, 0) is 17.8 Å². The average molecular weight is 405 g/mol. The highest BCUT2D eigenvalue weighted by molar-refractivity contribution is 9.10. The molecular weight excluding hydrogens is 384 g/mol. The summed E-state index contributed by atoms with van der Waals surface area (Å²) >= 11 is 3.40. The molecule has 7 heteroatoms. The van der Waals surface area contributed by atoms with Gasteiger partial charge in [0.2, 0.25) is 5.91 Å². The summed E-state index contributed by atoms with van der Waals surface area (Å²) in [5.41, 5.74) is 7.74. The van der Waals surface area contributed by atoms with Crippen LogP contribution in [0.25, 0.3) is 0 Å². The fourth-order valence-corrected chi connectivity index (χ4v) is 3.44. The van der Waals surface area contributed by atoms with Crippen LogP contribution in [0, 0.1) is 5.92 Å². The predicted octanol–water partition coefficient (Wildman–Crippen LogP) is 2.23. The van der Waals surface area contributed by atoms with Crippen molar-refractivity contribution < 1.29 is 9.59 Å². The highest BCUT2D eigenvalue weighted by Crippen LogP contribution is 2.23. The standard InChI is InChI=1S/C18H21BrN4O2/c1-11(13-2-4-14(19)5-3-13)18(25)21-9-12-6-7-23-16(8-12)15(10-22-23)17(20)24/h2-5,10-12H,6-9H2,1H3,(H2,20,24)(H,21,25)/t11-,12-/m0/s1. The van der Waals surface area contributed by atoms with Crippen molar-refractivity contribution in [1.82, 2.24) is 15.1 Å². The number of carbonyl (C=O) groups excluding carboxylic acids is 2. The lowest BCUT2D eigenvalue weighted by Gasteiger charge is -2.24. The van der Waals surface area contributed by atoms with Gasteiger partial charge in [-0.05, 0) is 43.4 Å². The molecule has 0 spiro atoms. The Hall–Kier alpha value is -2.15. The van der Waals surface area contributed by atoms with Gasteiger partial charge in [-0.2, -0.15) is 5.10 Å². The maximum absolute atomic E-state index is 12.4. The maximum Gasteiger partial charge on any atom is 0.252 e. The van der Waals surface area contributed by atoms with Gasteiger partial charge in [-0.3, -0.25) is 14.3 Å². The number of halogens is 1. The molecule has 1 aliphatic rings. The van der Waals surface area contributed by atoms with Crippen molar-refractivity contribution in [2.75, 3.05) is 6.54 Å². The van der Waals surface area contributed by atoms with E-state index in [1.165, 1.54) is 6.20 Å². The monoisotopic (exact) mass is 404 g/mol. The molecular formula is C18H21BrN4O2. The second kappa shape index (κ2) is 7.39. The first-order valence-corrected chi connectivity index (χ1v) is 9.12. The van der Waals surface area contributed by atoms with Crippen LogP contribution in [0.1, 0.15) is 40.9 Å². The number of nitrogens with two attached hydrogens (primary N) is 1. The molecule has 132 valence electrons. The average Bonchev–Trinajstić information content (AvgIpc) is 3.03. The van der Waals surface area contributed by atoms with E-state index in [-0.39, 0.29) is 17.7 Å². The Kier molecular flexibility index (Phi) is 5.22. The van der Waals surface area contributed by atoms with E-state index in [1.54, 1.807) is 0 Å². The first-order chi connectivity index (χ1) is 12.0. The summed E-state index contributed by atoms with van der Waals surface area (Å²) in [7, 11) is 0. The zero-order valence-corrected chi connectivity index (χ0v) is 15.6. The number of nitrogens with zero attached hydrogens (tertiary/aromatic N) is 2. The van der Waals surface area contributed by atoms with Crippen molar-refractivity contribution in [1.29, 1.82) is 0 Å². The highest BCUT2D eigenvalue weighted by Gasteiger charge is 2.25. The number of fused-ring (bicyclic) bond motifs is 1. The fraction of sp³-hybridized carbons (Fsp3) is 0.389. The lowest BCUT2D eigenvalue weighted by atomic mass is 9.93. The molecule has 1 aliphatic heterocycles. The molecule has 25 heavy (non-hydrogen) atoms. The van der Waals surface area contributed by atoms with E-state index in [9.17, 15) is 9.59 Å². The van der Waals surface area contributed by atoms with Gasteiger partial charge in [-0.25, -0.2) is 0 Å². The van der Waals surface area contributed by atoms with Crippen LogP contribution in [-0.4, -0.2) is 28.1 Å². The molecule has 2 aromatic rings. The predicted molar refractivity (Wildman–Crippen MR) is 98.1 cm³/mol. The number of carbonyl (C=O) groups is 2. The molecule has 0 saturated heterocycles. The third kappa shape index (κ3) is 3.92. The quantitative estimate of drug-likeness (QED) is 0.800. The SMILES string of the molecule is C[C@H](C(=O)NC[C@H]1CCn2ncc(C(N)=O)c2C1)c1ccc(Br)cc1. The number of aryl methyl sites for hydroxylation is 1. The molecule has 0 bridgehead atoms. The molecule has 0 saturated carbocycles. The third-order valence-electron chi connectivity index (χ3n) is 4.77.